The van der Waals surface area contributed by atoms with Crippen molar-refractivity contribution in [3.05, 3.63) is 176 Å². The lowest BCUT2D eigenvalue weighted by atomic mass is 10.0. The number of anilines is 3. The van der Waals surface area contributed by atoms with Gasteiger partial charge in [0, 0.05) is 31.5 Å². The van der Waals surface area contributed by atoms with E-state index in [1.807, 2.05) is 11.3 Å². The van der Waals surface area contributed by atoms with E-state index in [9.17, 15) is 0 Å². The van der Waals surface area contributed by atoms with E-state index in [0.29, 0.717) is 0 Å². The van der Waals surface area contributed by atoms with E-state index in [4.69, 9.17) is 0 Å². The Morgan fingerprint density at radius 2 is 0.841 bits per heavy atom. The standard InChI is InChI=1S/C42H29NS/c1-4-12-30(13-5-1)32-22-26-35(27-23-32)43(36-28-24-33(25-29-36)31-14-6-2-7-15-31)39-20-11-21-40-41(39)38-19-10-18-37(42(38)44-40)34-16-8-3-9-17-34/h1-29H. The maximum Gasteiger partial charge on any atom is 0.0554 e. The van der Waals surface area contributed by atoms with Gasteiger partial charge in [0.1, 0.15) is 0 Å². The van der Waals surface area contributed by atoms with Gasteiger partial charge in [-0.3, -0.25) is 0 Å². The van der Waals surface area contributed by atoms with Crippen molar-refractivity contribution in [2.45, 2.75) is 0 Å². The van der Waals surface area contributed by atoms with Crippen LogP contribution < -0.4 is 4.90 Å². The first-order valence-corrected chi connectivity index (χ1v) is 15.8. The van der Waals surface area contributed by atoms with E-state index in [0.717, 1.165) is 11.4 Å². The smallest absolute Gasteiger partial charge is 0.0554 e. The van der Waals surface area contributed by atoms with E-state index in [-0.39, 0.29) is 0 Å². The van der Waals surface area contributed by atoms with Crippen molar-refractivity contribution in [1.29, 1.82) is 0 Å². The van der Waals surface area contributed by atoms with Crippen LogP contribution in [0.2, 0.25) is 0 Å². The SMILES string of the molecule is c1ccc(-c2ccc(N(c3ccc(-c4ccccc4)cc3)c3cccc4sc5c(-c6ccccc6)cccc5c34)cc2)cc1. The van der Waals surface area contributed by atoms with E-state index < -0.39 is 0 Å². The molecule has 1 nitrogen and oxygen atoms in total. The molecule has 8 aromatic rings. The van der Waals surface area contributed by atoms with Crippen LogP contribution in [0.15, 0.2) is 176 Å². The molecule has 0 aliphatic carbocycles. The summed E-state index contributed by atoms with van der Waals surface area (Å²) >= 11 is 1.88. The van der Waals surface area contributed by atoms with Gasteiger partial charge in [-0.1, -0.05) is 140 Å². The zero-order valence-electron chi connectivity index (χ0n) is 24.1. The van der Waals surface area contributed by atoms with Gasteiger partial charge in [-0.2, -0.15) is 0 Å². The molecule has 208 valence electrons. The highest BCUT2D eigenvalue weighted by atomic mass is 32.1. The summed E-state index contributed by atoms with van der Waals surface area (Å²) in [6.07, 6.45) is 0. The second-order valence-electron chi connectivity index (χ2n) is 11.0. The third kappa shape index (κ3) is 4.76. The Hall–Kier alpha value is -5.44. The summed E-state index contributed by atoms with van der Waals surface area (Å²) in [4.78, 5) is 2.41. The summed E-state index contributed by atoms with van der Waals surface area (Å²) in [7, 11) is 0. The van der Waals surface area contributed by atoms with Gasteiger partial charge in [-0.25, -0.2) is 0 Å². The highest BCUT2D eigenvalue weighted by molar-refractivity contribution is 7.26. The van der Waals surface area contributed by atoms with Gasteiger partial charge in [-0.15, -0.1) is 11.3 Å². The Balaban J connectivity index is 1.32. The van der Waals surface area contributed by atoms with E-state index in [1.54, 1.807) is 0 Å². The molecule has 0 N–H and O–H groups in total. The topological polar surface area (TPSA) is 3.24 Å². The highest BCUT2D eigenvalue weighted by Gasteiger charge is 2.20. The van der Waals surface area contributed by atoms with Crippen LogP contribution in [0, 0.1) is 0 Å². The van der Waals surface area contributed by atoms with Gasteiger partial charge in [0.05, 0.1) is 5.69 Å². The Morgan fingerprint density at radius 3 is 1.39 bits per heavy atom. The first kappa shape index (κ1) is 26.2. The number of rotatable bonds is 6. The van der Waals surface area contributed by atoms with Gasteiger partial charge in [0.25, 0.3) is 0 Å². The molecule has 0 saturated heterocycles. The van der Waals surface area contributed by atoms with Gasteiger partial charge < -0.3 is 4.90 Å². The molecular weight excluding hydrogens is 551 g/mol. The quantitative estimate of drug-likeness (QED) is 0.189. The fraction of sp³-hybridized carbons (Fsp3) is 0. The predicted octanol–water partition coefficient (Wildman–Crippen LogP) is 12.5. The first-order chi connectivity index (χ1) is 21.8. The molecule has 0 atom stereocenters. The van der Waals surface area contributed by atoms with Crippen LogP contribution in [-0.2, 0) is 0 Å². The minimum absolute atomic E-state index is 1.13. The predicted molar refractivity (Wildman–Crippen MR) is 190 cm³/mol. The molecule has 0 unspecified atom stereocenters. The molecule has 7 aromatic carbocycles. The summed E-state index contributed by atoms with van der Waals surface area (Å²) in [6.45, 7) is 0. The summed E-state index contributed by atoms with van der Waals surface area (Å²) < 4.78 is 2.60. The third-order valence-electron chi connectivity index (χ3n) is 8.29. The van der Waals surface area contributed by atoms with Gasteiger partial charge >= 0.3 is 0 Å². The fourth-order valence-electron chi connectivity index (χ4n) is 6.15. The van der Waals surface area contributed by atoms with Crippen molar-refractivity contribution in [3.8, 4) is 33.4 Å². The largest absolute Gasteiger partial charge is 0.310 e. The Kier molecular flexibility index (Phi) is 6.75. The normalized spacial score (nSPS) is 11.2. The third-order valence-corrected chi connectivity index (χ3v) is 9.50. The van der Waals surface area contributed by atoms with Crippen molar-refractivity contribution in [1.82, 2.24) is 0 Å². The second kappa shape index (κ2) is 11.3. The van der Waals surface area contributed by atoms with Crippen molar-refractivity contribution in [3.63, 3.8) is 0 Å². The zero-order chi connectivity index (χ0) is 29.3. The summed E-state index contributed by atoms with van der Waals surface area (Å²) in [5, 5.41) is 2.57. The van der Waals surface area contributed by atoms with Crippen molar-refractivity contribution >= 4 is 48.6 Å². The van der Waals surface area contributed by atoms with Crippen LogP contribution in [0.3, 0.4) is 0 Å². The summed E-state index contributed by atoms with van der Waals surface area (Å²) in [5.41, 5.74) is 10.8. The molecule has 44 heavy (non-hydrogen) atoms. The van der Waals surface area contributed by atoms with E-state index in [2.05, 4.69) is 181 Å². The Bertz CT molecular complexity index is 2100. The van der Waals surface area contributed by atoms with Crippen LogP contribution in [-0.4, -0.2) is 0 Å². The lowest BCUT2D eigenvalue weighted by Crippen LogP contribution is -2.10. The van der Waals surface area contributed by atoms with Crippen LogP contribution in [0.25, 0.3) is 53.6 Å². The molecule has 0 saturated carbocycles. The molecule has 2 heteroatoms. The Morgan fingerprint density at radius 1 is 0.364 bits per heavy atom. The number of hydrogen-bond donors (Lipinski definition) is 0. The molecular formula is C42H29NS. The van der Waals surface area contributed by atoms with E-state index >= 15 is 0 Å². The molecule has 1 heterocycles. The van der Waals surface area contributed by atoms with Crippen LogP contribution in [0.1, 0.15) is 0 Å². The Labute approximate surface area is 261 Å². The van der Waals surface area contributed by atoms with Gasteiger partial charge in [0.2, 0.25) is 0 Å². The molecule has 8 rings (SSSR count). The van der Waals surface area contributed by atoms with Gasteiger partial charge in [-0.05, 0) is 69.8 Å². The van der Waals surface area contributed by atoms with Crippen molar-refractivity contribution < 1.29 is 0 Å². The molecule has 0 bridgehead atoms. The molecule has 0 aliphatic heterocycles. The number of thiophene rings is 1. The average Bonchev–Trinajstić information content (AvgIpc) is 3.50. The average molecular weight is 580 g/mol. The zero-order valence-corrected chi connectivity index (χ0v) is 24.9. The lowest BCUT2D eigenvalue weighted by molar-refractivity contribution is 1.30. The molecule has 0 fully saturated rings. The number of nitrogens with zero attached hydrogens (tertiary/aromatic N) is 1. The lowest BCUT2D eigenvalue weighted by Gasteiger charge is -2.27. The minimum atomic E-state index is 1.13. The maximum absolute atomic E-state index is 2.41. The summed E-state index contributed by atoms with van der Waals surface area (Å²) in [5.74, 6) is 0. The fourth-order valence-corrected chi connectivity index (χ4v) is 7.41. The monoisotopic (exact) mass is 579 g/mol. The summed E-state index contributed by atoms with van der Waals surface area (Å²) in [6, 6.07) is 63.2. The van der Waals surface area contributed by atoms with Crippen LogP contribution in [0.4, 0.5) is 17.1 Å². The minimum Gasteiger partial charge on any atom is -0.310 e. The number of hydrogen-bond acceptors (Lipinski definition) is 2. The molecule has 0 amide bonds. The molecule has 1 aromatic heterocycles. The molecule has 0 spiro atoms. The van der Waals surface area contributed by atoms with Crippen molar-refractivity contribution in [2.75, 3.05) is 4.90 Å². The highest BCUT2D eigenvalue weighted by Crippen LogP contribution is 2.47. The van der Waals surface area contributed by atoms with E-state index in [1.165, 1.54) is 59.2 Å². The van der Waals surface area contributed by atoms with Crippen molar-refractivity contribution in [2.24, 2.45) is 0 Å². The van der Waals surface area contributed by atoms with Crippen LogP contribution >= 0.6 is 11.3 Å². The number of fused-ring (bicyclic) bond motifs is 3. The first-order valence-electron chi connectivity index (χ1n) is 14.9. The van der Waals surface area contributed by atoms with Crippen LogP contribution in [0.5, 0.6) is 0 Å². The van der Waals surface area contributed by atoms with Gasteiger partial charge in [0.15, 0.2) is 0 Å². The second-order valence-corrected chi connectivity index (χ2v) is 12.0. The maximum atomic E-state index is 2.41. The molecule has 0 radical (unpaired) electrons. The number of benzene rings is 7. The molecule has 0 aliphatic rings.